The predicted octanol–water partition coefficient (Wildman–Crippen LogP) is 8.76. The van der Waals surface area contributed by atoms with Gasteiger partial charge in [-0.05, 0) is 92.8 Å². The number of para-hydroxylation sites is 1. The largest absolute Gasteiger partial charge is 0.473 e. The van der Waals surface area contributed by atoms with Crippen molar-refractivity contribution in [2.24, 2.45) is 12.5 Å². The second kappa shape index (κ2) is 16.4. The summed E-state index contributed by atoms with van der Waals surface area (Å²) in [6.07, 6.45) is 5.10. The van der Waals surface area contributed by atoms with E-state index in [0.717, 1.165) is 72.2 Å². The van der Waals surface area contributed by atoms with Crippen LogP contribution in [0.15, 0.2) is 114 Å². The van der Waals surface area contributed by atoms with Crippen LogP contribution in [0.4, 0.5) is 16.3 Å². The Morgan fingerprint density at radius 1 is 0.845 bits per heavy atom. The van der Waals surface area contributed by atoms with E-state index in [1.807, 2.05) is 113 Å². The first-order valence-corrected chi connectivity index (χ1v) is 19.9. The molecule has 3 aromatic carbocycles. The highest BCUT2D eigenvalue weighted by Gasteiger charge is 2.40. The van der Waals surface area contributed by atoms with Gasteiger partial charge in [0, 0.05) is 32.4 Å². The zero-order valence-electron chi connectivity index (χ0n) is 33.5. The summed E-state index contributed by atoms with van der Waals surface area (Å²) in [5.41, 5.74) is 5.53. The van der Waals surface area contributed by atoms with Crippen LogP contribution in [0.1, 0.15) is 69.2 Å². The highest BCUT2D eigenvalue weighted by Crippen LogP contribution is 2.45. The SMILES string of the molecule is Cn1c(=O)n(-c2ccc(OCc3ccccc3)nc2OCc2ccccc2)c2cccc(N3CCC4(CC[C@@H](c5ccc(NC(=O)OC(C)(C)C)nc5)OC4)CC3)c21. The van der Waals surface area contributed by atoms with E-state index in [2.05, 4.69) is 21.3 Å². The number of benzene rings is 3. The number of hydrogen-bond donors (Lipinski definition) is 1. The van der Waals surface area contributed by atoms with E-state index in [9.17, 15) is 9.59 Å². The summed E-state index contributed by atoms with van der Waals surface area (Å²) in [4.78, 5) is 38.0. The Labute approximate surface area is 338 Å². The van der Waals surface area contributed by atoms with E-state index < -0.39 is 11.7 Å². The number of nitrogens with zero attached hydrogens (tertiary/aromatic N) is 5. The lowest BCUT2D eigenvalue weighted by atomic mass is 9.73. The number of aromatic nitrogens is 4. The van der Waals surface area contributed by atoms with Gasteiger partial charge in [0.1, 0.15) is 30.3 Å². The fraction of sp³-hybridized carbons (Fsp3) is 0.348. The Hall–Kier alpha value is -6.14. The van der Waals surface area contributed by atoms with Gasteiger partial charge in [-0.2, -0.15) is 4.98 Å². The van der Waals surface area contributed by atoms with Crippen LogP contribution in [-0.4, -0.2) is 50.5 Å². The summed E-state index contributed by atoms with van der Waals surface area (Å²) in [6, 6.07) is 33.3. The molecule has 1 amide bonds. The molecule has 12 nitrogen and oxygen atoms in total. The molecular formula is C46H50N6O6. The van der Waals surface area contributed by atoms with E-state index in [1.165, 1.54) is 0 Å². The lowest BCUT2D eigenvalue weighted by Crippen LogP contribution is -2.44. The molecule has 6 aromatic rings. The Morgan fingerprint density at radius 3 is 2.19 bits per heavy atom. The van der Waals surface area contributed by atoms with E-state index >= 15 is 0 Å². The third-order valence-electron chi connectivity index (χ3n) is 11.0. The fourth-order valence-electron chi connectivity index (χ4n) is 7.94. The van der Waals surface area contributed by atoms with Gasteiger partial charge < -0.3 is 23.8 Å². The Bertz CT molecular complexity index is 2410. The summed E-state index contributed by atoms with van der Waals surface area (Å²) >= 11 is 0. The molecule has 3 aromatic heterocycles. The fourth-order valence-corrected chi connectivity index (χ4v) is 7.94. The second-order valence-corrected chi connectivity index (χ2v) is 16.3. The number of carbonyl (C=O) groups excluding carboxylic acids is 1. The third kappa shape index (κ3) is 8.57. The van der Waals surface area contributed by atoms with Crippen molar-refractivity contribution in [1.82, 2.24) is 19.1 Å². The van der Waals surface area contributed by atoms with Gasteiger partial charge in [-0.1, -0.05) is 72.8 Å². The third-order valence-corrected chi connectivity index (χ3v) is 11.0. The molecule has 0 saturated carbocycles. The molecule has 0 radical (unpaired) electrons. The molecule has 2 aliphatic rings. The molecule has 5 heterocycles. The van der Waals surface area contributed by atoms with Crippen molar-refractivity contribution in [3.63, 3.8) is 0 Å². The number of amides is 1. The van der Waals surface area contributed by atoms with Crippen molar-refractivity contribution >= 4 is 28.6 Å². The molecule has 12 heteroatoms. The Kier molecular flexibility index (Phi) is 10.9. The van der Waals surface area contributed by atoms with E-state index in [0.29, 0.717) is 36.5 Å². The molecule has 58 heavy (non-hydrogen) atoms. The van der Waals surface area contributed by atoms with Gasteiger partial charge in [-0.3, -0.25) is 14.5 Å². The van der Waals surface area contributed by atoms with Crippen LogP contribution in [0.25, 0.3) is 16.7 Å². The van der Waals surface area contributed by atoms with Gasteiger partial charge in [0.05, 0.1) is 29.4 Å². The van der Waals surface area contributed by atoms with E-state index in [4.69, 9.17) is 23.9 Å². The smallest absolute Gasteiger partial charge is 0.413 e. The number of pyridine rings is 2. The van der Waals surface area contributed by atoms with Crippen LogP contribution >= 0.6 is 0 Å². The van der Waals surface area contributed by atoms with Crippen LogP contribution in [0, 0.1) is 5.41 Å². The number of hydrogen-bond acceptors (Lipinski definition) is 9. The van der Waals surface area contributed by atoms with E-state index in [1.54, 1.807) is 27.5 Å². The zero-order valence-corrected chi connectivity index (χ0v) is 33.5. The van der Waals surface area contributed by atoms with Gasteiger partial charge in [0.2, 0.25) is 11.8 Å². The molecular weight excluding hydrogens is 733 g/mol. The van der Waals surface area contributed by atoms with Crippen molar-refractivity contribution in [3.05, 3.63) is 136 Å². The normalized spacial score (nSPS) is 16.6. The minimum Gasteiger partial charge on any atom is -0.473 e. The molecule has 1 atom stereocenters. The topological polar surface area (TPSA) is 122 Å². The summed E-state index contributed by atoms with van der Waals surface area (Å²) in [6.45, 7) is 8.48. The first-order valence-electron chi connectivity index (χ1n) is 19.9. The van der Waals surface area contributed by atoms with Crippen LogP contribution in [-0.2, 0) is 29.7 Å². The number of ether oxygens (including phenoxy) is 4. The van der Waals surface area contributed by atoms with Crippen LogP contribution in [0.2, 0.25) is 0 Å². The van der Waals surface area contributed by atoms with E-state index in [-0.39, 0.29) is 23.8 Å². The average molecular weight is 783 g/mol. The Morgan fingerprint density at radius 2 is 1.55 bits per heavy atom. The van der Waals surface area contributed by atoms with Gasteiger partial charge in [0.25, 0.3) is 0 Å². The van der Waals surface area contributed by atoms with Crippen LogP contribution in [0.3, 0.4) is 0 Å². The van der Waals surface area contributed by atoms with Crippen molar-refractivity contribution in [2.45, 2.75) is 71.4 Å². The molecule has 1 spiro atoms. The maximum Gasteiger partial charge on any atom is 0.413 e. The predicted molar refractivity (Wildman–Crippen MR) is 224 cm³/mol. The quantitative estimate of drug-likeness (QED) is 0.145. The lowest BCUT2D eigenvalue weighted by Gasteiger charge is -2.46. The summed E-state index contributed by atoms with van der Waals surface area (Å²) in [7, 11) is 1.83. The minimum atomic E-state index is -0.585. The molecule has 2 fully saturated rings. The first kappa shape index (κ1) is 38.7. The summed E-state index contributed by atoms with van der Waals surface area (Å²) in [5.74, 6) is 1.16. The number of piperidine rings is 1. The van der Waals surface area contributed by atoms with Crippen molar-refractivity contribution < 1.29 is 23.7 Å². The van der Waals surface area contributed by atoms with Gasteiger partial charge in [-0.15, -0.1) is 0 Å². The number of rotatable bonds is 10. The molecule has 2 saturated heterocycles. The Balaban J connectivity index is 0.974. The summed E-state index contributed by atoms with van der Waals surface area (Å²) < 4.78 is 27.7. The molecule has 300 valence electrons. The molecule has 0 unspecified atom stereocenters. The molecule has 2 aliphatic heterocycles. The number of fused-ring (bicyclic) bond motifs is 1. The number of nitrogens with one attached hydrogen (secondary N) is 1. The molecule has 1 N–H and O–H groups in total. The average Bonchev–Trinajstić information content (AvgIpc) is 3.49. The highest BCUT2D eigenvalue weighted by atomic mass is 16.6. The van der Waals surface area contributed by atoms with Gasteiger partial charge in [0.15, 0.2) is 0 Å². The highest BCUT2D eigenvalue weighted by molar-refractivity contribution is 5.91. The number of carbonyl (C=O) groups is 1. The van der Waals surface area contributed by atoms with Crippen molar-refractivity contribution in [3.8, 4) is 17.4 Å². The standard InChI is InChI=1S/C46H50N6O6/c1-45(2,3)58-43(53)48-39-20-18-34(28-47-39)38-22-23-46(31-57-38)24-26-51(27-25-46)35-16-11-17-36-41(35)50(4)44(54)52(36)37-19-21-40(55-29-32-12-7-5-8-13-32)49-42(37)56-30-33-14-9-6-10-15-33/h5-21,28,38H,22-27,29-31H2,1-4H3,(H,47,48,53)/t38-/m0/s1. The summed E-state index contributed by atoms with van der Waals surface area (Å²) in [5, 5.41) is 2.69. The maximum atomic E-state index is 14.2. The lowest BCUT2D eigenvalue weighted by molar-refractivity contribution is -0.0740. The number of anilines is 2. The second-order valence-electron chi connectivity index (χ2n) is 16.3. The zero-order chi connectivity index (χ0) is 40.3. The maximum absolute atomic E-state index is 14.2. The number of aryl methyl sites for hydroxylation is 1. The minimum absolute atomic E-state index is 0.0460. The van der Waals surface area contributed by atoms with Gasteiger partial charge in [-0.25, -0.2) is 14.6 Å². The van der Waals surface area contributed by atoms with Gasteiger partial charge >= 0.3 is 11.8 Å². The monoisotopic (exact) mass is 782 g/mol. The molecule has 0 aliphatic carbocycles. The first-order chi connectivity index (χ1) is 28.0. The van der Waals surface area contributed by atoms with Crippen LogP contribution in [0.5, 0.6) is 11.8 Å². The van der Waals surface area contributed by atoms with Crippen molar-refractivity contribution in [2.75, 3.05) is 29.9 Å². The molecule has 0 bridgehead atoms. The number of imidazole rings is 1. The van der Waals surface area contributed by atoms with Crippen molar-refractivity contribution in [1.29, 1.82) is 0 Å². The van der Waals surface area contributed by atoms with Crippen LogP contribution < -0.4 is 25.4 Å². The molecule has 8 rings (SSSR count).